The number of benzene rings is 1. The summed E-state index contributed by atoms with van der Waals surface area (Å²) in [5.41, 5.74) is 3.00. The van der Waals surface area contributed by atoms with E-state index < -0.39 is 0 Å². The molecular formula is C24H28N2O3. The van der Waals surface area contributed by atoms with Crippen LogP contribution in [-0.4, -0.2) is 29.8 Å². The zero-order chi connectivity index (χ0) is 20.1. The molecule has 0 radical (unpaired) electrons. The minimum absolute atomic E-state index is 0.00914. The molecule has 0 spiro atoms. The molecule has 2 amide bonds. The fourth-order valence-corrected chi connectivity index (χ4v) is 4.19. The Balaban J connectivity index is 1.32. The molecule has 4 rings (SSSR count). The Labute approximate surface area is 171 Å². The molecule has 1 fully saturated rings. The van der Waals surface area contributed by atoms with Crippen molar-refractivity contribution in [3.63, 3.8) is 0 Å². The maximum Gasteiger partial charge on any atom is 0.229 e. The van der Waals surface area contributed by atoms with Crippen molar-refractivity contribution in [3.05, 3.63) is 54.3 Å². The highest BCUT2D eigenvalue weighted by Crippen LogP contribution is 2.25. The van der Waals surface area contributed by atoms with Gasteiger partial charge in [0.25, 0.3) is 0 Å². The Bertz CT molecular complexity index is 868. The highest BCUT2D eigenvalue weighted by molar-refractivity contribution is 5.93. The van der Waals surface area contributed by atoms with Gasteiger partial charge in [0.2, 0.25) is 11.8 Å². The topological polar surface area (TPSA) is 62.6 Å². The van der Waals surface area contributed by atoms with Crippen LogP contribution < -0.4 is 5.32 Å². The summed E-state index contributed by atoms with van der Waals surface area (Å²) in [4.78, 5) is 27.3. The molecule has 1 N–H and O–H groups in total. The molecule has 2 heterocycles. The lowest BCUT2D eigenvalue weighted by Crippen LogP contribution is -2.43. The van der Waals surface area contributed by atoms with Gasteiger partial charge in [-0.2, -0.15) is 0 Å². The zero-order valence-corrected chi connectivity index (χ0v) is 16.7. The average molecular weight is 392 g/mol. The first-order chi connectivity index (χ1) is 14.2. The molecule has 5 heteroatoms. The number of amides is 2. The zero-order valence-electron chi connectivity index (χ0n) is 16.7. The number of anilines is 1. The van der Waals surface area contributed by atoms with Gasteiger partial charge in [-0.05, 0) is 74.9 Å². The highest BCUT2D eigenvalue weighted by atomic mass is 16.3. The molecule has 29 heavy (non-hydrogen) atoms. The smallest absolute Gasteiger partial charge is 0.229 e. The van der Waals surface area contributed by atoms with Crippen molar-refractivity contribution in [2.75, 3.05) is 18.4 Å². The summed E-state index contributed by atoms with van der Waals surface area (Å²) in [7, 11) is 0. The normalized spacial score (nSPS) is 19.5. The lowest BCUT2D eigenvalue weighted by atomic mass is 9.94. The highest BCUT2D eigenvalue weighted by Gasteiger charge is 2.28. The molecule has 1 aliphatic carbocycles. The van der Waals surface area contributed by atoms with Gasteiger partial charge in [-0.15, -0.1) is 0 Å². The van der Waals surface area contributed by atoms with E-state index in [4.69, 9.17) is 4.42 Å². The summed E-state index contributed by atoms with van der Waals surface area (Å²) in [5.74, 6) is 0.804. The standard InChI is InChI=1S/C24H28N2O3/c27-23(16-18-6-2-1-3-7-18)26-14-4-8-20(17-26)24(28)25-21-12-10-19(11-13-21)22-9-5-15-29-22/h5-6,9-13,15,20H,1-4,7-8,14,16-17H2,(H,25,28). The van der Waals surface area contributed by atoms with Gasteiger partial charge >= 0.3 is 0 Å². The Morgan fingerprint density at radius 1 is 1.10 bits per heavy atom. The fourth-order valence-electron chi connectivity index (χ4n) is 4.19. The average Bonchev–Trinajstić information content (AvgIpc) is 3.30. The van der Waals surface area contributed by atoms with Crippen LogP contribution in [0.3, 0.4) is 0 Å². The van der Waals surface area contributed by atoms with Crippen LogP contribution in [0.25, 0.3) is 11.3 Å². The number of furan rings is 1. The summed E-state index contributed by atoms with van der Waals surface area (Å²) in [6.07, 6.45) is 10.6. The fraction of sp³-hybridized carbons (Fsp3) is 0.417. The van der Waals surface area contributed by atoms with E-state index in [0.717, 1.165) is 49.2 Å². The minimum atomic E-state index is -0.155. The molecule has 1 aromatic carbocycles. The molecule has 1 aromatic heterocycles. The molecule has 0 saturated carbocycles. The number of allylic oxidation sites excluding steroid dienone is 1. The van der Waals surface area contributed by atoms with Crippen molar-refractivity contribution in [2.45, 2.75) is 44.9 Å². The van der Waals surface area contributed by atoms with Crippen LogP contribution in [0.5, 0.6) is 0 Å². The van der Waals surface area contributed by atoms with E-state index in [-0.39, 0.29) is 17.7 Å². The molecule has 2 aromatic rings. The maximum absolute atomic E-state index is 12.8. The molecule has 2 aliphatic rings. The molecule has 1 saturated heterocycles. The van der Waals surface area contributed by atoms with Gasteiger partial charge in [0.1, 0.15) is 5.76 Å². The predicted octanol–water partition coefficient (Wildman–Crippen LogP) is 5.01. The second kappa shape index (κ2) is 9.12. The second-order valence-corrected chi connectivity index (χ2v) is 8.01. The Morgan fingerprint density at radius 2 is 1.97 bits per heavy atom. The summed E-state index contributed by atoms with van der Waals surface area (Å²) in [6, 6.07) is 11.4. The van der Waals surface area contributed by atoms with Gasteiger partial charge < -0.3 is 14.6 Å². The number of rotatable bonds is 5. The van der Waals surface area contributed by atoms with Gasteiger partial charge in [-0.3, -0.25) is 9.59 Å². The SMILES string of the molecule is O=C(Nc1ccc(-c2ccco2)cc1)C1CCCN(C(=O)CC2=CCCCC2)C1. The third-order valence-corrected chi connectivity index (χ3v) is 5.87. The summed E-state index contributed by atoms with van der Waals surface area (Å²) >= 11 is 0. The van der Waals surface area contributed by atoms with Crippen LogP contribution >= 0.6 is 0 Å². The van der Waals surface area contributed by atoms with E-state index in [1.54, 1.807) is 6.26 Å². The molecule has 1 atom stereocenters. The van der Waals surface area contributed by atoms with E-state index in [9.17, 15) is 9.59 Å². The number of hydrogen-bond acceptors (Lipinski definition) is 3. The first-order valence-corrected chi connectivity index (χ1v) is 10.6. The molecule has 1 unspecified atom stereocenters. The van der Waals surface area contributed by atoms with E-state index in [0.29, 0.717) is 13.0 Å². The third kappa shape index (κ3) is 4.97. The van der Waals surface area contributed by atoms with Crippen LogP contribution in [0.1, 0.15) is 44.9 Å². The van der Waals surface area contributed by atoms with Gasteiger partial charge in [-0.25, -0.2) is 0 Å². The number of carbonyl (C=O) groups excluding carboxylic acids is 2. The quantitative estimate of drug-likeness (QED) is 0.727. The van der Waals surface area contributed by atoms with Crippen LogP contribution in [0.15, 0.2) is 58.7 Å². The number of hydrogen-bond donors (Lipinski definition) is 1. The van der Waals surface area contributed by atoms with Gasteiger partial charge in [0.15, 0.2) is 0 Å². The minimum Gasteiger partial charge on any atom is -0.464 e. The van der Waals surface area contributed by atoms with E-state index in [1.165, 1.54) is 18.4 Å². The van der Waals surface area contributed by atoms with Gasteiger partial charge in [-0.1, -0.05) is 11.6 Å². The van der Waals surface area contributed by atoms with Crippen molar-refractivity contribution in [2.24, 2.45) is 5.92 Å². The van der Waals surface area contributed by atoms with Crippen molar-refractivity contribution < 1.29 is 14.0 Å². The first kappa shape index (κ1) is 19.5. The van der Waals surface area contributed by atoms with Crippen LogP contribution in [-0.2, 0) is 9.59 Å². The predicted molar refractivity (Wildman–Crippen MR) is 113 cm³/mol. The lowest BCUT2D eigenvalue weighted by Gasteiger charge is -2.32. The first-order valence-electron chi connectivity index (χ1n) is 10.6. The van der Waals surface area contributed by atoms with E-state index >= 15 is 0 Å². The Kier molecular flexibility index (Phi) is 6.13. The van der Waals surface area contributed by atoms with Crippen molar-refractivity contribution >= 4 is 17.5 Å². The number of nitrogens with one attached hydrogen (secondary N) is 1. The summed E-state index contributed by atoms with van der Waals surface area (Å²) in [5, 5.41) is 3.01. The summed E-state index contributed by atoms with van der Waals surface area (Å²) in [6.45, 7) is 1.27. The number of piperidine rings is 1. The van der Waals surface area contributed by atoms with Gasteiger partial charge in [0.05, 0.1) is 12.2 Å². The largest absolute Gasteiger partial charge is 0.464 e. The van der Waals surface area contributed by atoms with Crippen LogP contribution in [0.2, 0.25) is 0 Å². The number of nitrogens with zero attached hydrogens (tertiary/aromatic N) is 1. The van der Waals surface area contributed by atoms with Crippen LogP contribution in [0, 0.1) is 5.92 Å². The Morgan fingerprint density at radius 3 is 2.69 bits per heavy atom. The third-order valence-electron chi connectivity index (χ3n) is 5.87. The maximum atomic E-state index is 12.8. The number of likely N-dealkylation sites (tertiary alicyclic amines) is 1. The molecule has 1 aliphatic heterocycles. The van der Waals surface area contributed by atoms with Gasteiger partial charge in [0, 0.05) is 30.8 Å². The van der Waals surface area contributed by atoms with Crippen molar-refractivity contribution in [3.8, 4) is 11.3 Å². The van der Waals surface area contributed by atoms with E-state index in [1.807, 2.05) is 41.3 Å². The Hall–Kier alpha value is -2.82. The second-order valence-electron chi connectivity index (χ2n) is 8.01. The molecule has 152 valence electrons. The lowest BCUT2D eigenvalue weighted by molar-refractivity contribution is -0.134. The van der Waals surface area contributed by atoms with Crippen molar-refractivity contribution in [1.29, 1.82) is 0 Å². The summed E-state index contributed by atoms with van der Waals surface area (Å²) < 4.78 is 5.40. The van der Waals surface area contributed by atoms with Crippen LogP contribution in [0.4, 0.5) is 5.69 Å². The monoisotopic (exact) mass is 392 g/mol. The van der Waals surface area contributed by atoms with Crippen molar-refractivity contribution in [1.82, 2.24) is 4.90 Å². The molecule has 5 nitrogen and oxygen atoms in total. The molecule has 0 bridgehead atoms. The number of carbonyl (C=O) groups is 2. The van der Waals surface area contributed by atoms with E-state index in [2.05, 4.69) is 11.4 Å². The molecular weight excluding hydrogens is 364 g/mol.